The maximum Gasteiger partial charge on any atom is 0.256 e. The molecule has 0 spiro atoms. The Morgan fingerprint density at radius 2 is 1.73 bits per heavy atom. The number of nitrogens with zero attached hydrogens (tertiary/aromatic N) is 2. The van der Waals surface area contributed by atoms with Crippen molar-refractivity contribution in [2.75, 3.05) is 5.32 Å². The quantitative estimate of drug-likeness (QED) is 0.718. The Hall–Kier alpha value is -2.72. The number of aromatic nitrogens is 2. The number of amides is 1. The summed E-state index contributed by atoms with van der Waals surface area (Å²) in [4.78, 5) is 21.9. The molecule has 1 aliphatic carbocycles. The SMILES string of the molecule is O=C(Nc1ccccc1Cl)c1ccccc1-c1ncnc2c1CCCC2. The van der Waals surface area contributed by atoms with Crippen molar-refractivity contribution >= 4 is 23.2 Å². The molecule has 0 unspecified atom stereocenters. The monoisotopic (exact) mass is 363 g/mol. The van der Waals surface area contributed by atoms with E-state index >= 15 is 0 Å². The maximum absolute atomic E-state index is 12.9. The lowest BCUT2D eigenvalue weighted by Crippen LogP contribution is -2.15. The van der Waals surface area contributed by atoms with Crippen molar-refractivity contribution in [2.45, 2.75) is 25.7 Å². The molecule has 26 heavy (non-hydrogen) atoms. The molecule has 0 fully saturated rings. The molecule has 0 saturated carbocycles. The third-order valence-corrected chi connectivity index (χ3v) is 5.00. The highest BCUT2D eigenvalue weighted by molar-refractivity contribution is 6.34. The Labute approximate surface area is 157 Å². The van der Waals surface area contributed by atoms with E-state index in [1.165, 1.54) is 0 Å². The van der Waals surface area contributed by atoms with Crippen LogP contribution in [0.2, 0.25) is 5.02 Å². The van der Waals surface area contributed by atoms with Crippen molar-refractivity contribution < 1.29 is 4.79 Å². The molecule has 2 aromatic carbocycles. The number of fused-ring (bicyclic) bond motifs is 1. The van der Waals surface area contributed by atoms with Gasteiger partial charge in [0, 0.05) is 22.4 Å². The zero-order valence-electron chi connectivity index (χ0n) is 14.2. The van der Waals surface area contributed by atoms with Gasteiger partial charge in [-0.15, -0.1) is 0 Å². The molecule has 4 nitrogen and oxygen atoms in total. The van der Waals surface area contributed by atoms with Crippen molar-refractivity contribution in [3.05, 3.63) is 76.7 Å². The minimum atomic E-state index is -0.197. The number of hydrogen-bond acceptors (Lipinski definition) is 3. The minimum absolute atomic E-state index is 0.197. The molecular weight excluding hydrogens is 346 g/mol. The Morgan fingerprint density at radius 3 is 2.62 bits per heavy atom. The summed E-state index contributed by atoms with van der Waals surface area (Å²) in [5, 5.41) is 3.41. The number of benzene rings is 2. The number of rotatable bonds is 3. The van der Waals surface area contributed by atoms with Crippen LogP contribution < -0.4 is 5.32 Å². The molecule has 5 heteroatoms. The fourth-order valence-electron chi connectivity index (χ4n) is 3.39. The summed E-state index contributed by atoms with van der Waals surface area (Å²) in [6, 6.07) is 14.8. The molecule has 4 rings (SSSR count). The van der Waals surface area contributed by atoms with Crippen molar-refractivity contribution in [1.82, 2.24) is 9.97 Å². The Morgan fingerprint density at radius 1 is 0.962 bits per heavy atom. The predicted octanol–water partition coefficient (Wildman–Crippen LogP) is 4.93. The van der Waals surface area contributed by atoms with Crippen LogP contribution in [0.3, 0.4) is 0 Å². The molecule has 130 valence electrons. The molecule has 0 saturated heterocycles. The zero-order valence-corrected chi connectivity index (χ0v) is 15.0. The third-order valence-electron chi connectivity index (χ3n) is 4.67. The van der Waals surface area contributed by atoms with Crippen LogP contribution in [-0.4, -0.2) is 15.9 Å². The van der Waals surface area contributed by atoms with Crippen LogP contribution in [0.15, 0.2) is 54.9 Å². The predicted molar refractivity (Wildman–Crippen MR) is 104 cm³/mol. The lowest BCUT2D eigenvalue weighted by molar-refractivity contribution is 0.102. The lowest BCUT2D eigenvalue weighted by Gasteiger charge is -2.19. The van der Waals surface area contributed by atoms with E-state index in [1.54, 1.807) is 18.5 Å². The number of nitrogens with one attached hydrogen (secondary N) is 1. The summed E-state index contributed by atoms with van der Waals surface area (Å²) in [5.74, 6) is -0.197. The second kappa shape index (κ2) is 7.26. The molecular formula is C21H18ClN3O. The van der Waals surface area contributed by atoms with E-state index in [1.807, 2.05) is 36.4 Å². The normalized spacial score (nSPS) is 13.1. The van der Waals surface area contributed by atoms with Gasteiger partial charge in [0.25, 0.3) is 5.91 Å². The van der Waals surface area contributed by atoms with Crippen molar-refractivity contribution in [1.29, 1.82) is 0 Å². The van der Waals surface area contributed by atoms with E-state index in [-0.39, 0.29) is 5.91 Å². The van der Waals surface area contributed by atoms with E-state index in [2.05, 4.69) is 15.3 Å². The second-order valence-corrected chi connectivity index (χ2v) is 6.74. The van der Waals surface area contributed by atoms with Crippen molar-refractivity contribution in [2.24, 2.45) is 0 Å². The van der Waals surface area contributed by atoms with Gasteiger partial charge >= 0.3 is 0 Å². The Balaban J connectivity index is 1.74. The summed E-state index contributed by atoms with van der Waals surface area (Å²) < 4.78 is 0. The number of para-hydroxylation sites is 1. The van der Waals surface area contributed by atoms with Gasteiger partial charge in [0.2, 0.25) is 0 Å². The summed E-state index contributed by atoms with van der Waals surface area (Å²) in [5.41, 5.74) is 5.13. The van der Waals surface area contributed by atoms with Crippen LogP contribution in [0, 0.1) is 0 Å². The molecule has 0 aliphatic heterocycles. The van der Waals surface area contributed by atoms with Gasteiger partial charge in [-0.3, -0.25) is 4.79 Å². The fourth-order valence-corrected chi connectivity index (χ4v) is 3.58. The summed E-state index contributed by atoms with van der Waals surface area (Å²) in [6.07, 6.45) is 5.80. The number of aryl methyl sites for hydroxylation is 1. The van der Waals surface area contributed by atoms with Crippen LogP contribution in [0.4, 0.5) is 5.69 Å². The average Bonchev–Trinajstić information content (AvgIpc) is 2.69. The van der Waals surface area contributed by atoms with Gasteiger partial charge in [-0.1, -0.05) is 41.9 Å². The molecule has 1 aromatic heterocycles. The summed E-state index contributed by atoms with van der Waals surface area (Å²) >= 11 is 6.17. The molecule has 0 bridgehead atoms. The highest BCUT2D eigenvalue weighted by Gasteiger charge is 2.20. The van der Waals surface area contributed by atoms with E-state index in [9.17, 15) is 4.79 Å². The Bertz CT molecular complexity index is 971. The van der Waals surface area contributed by atoms with Gasteiger partial charge < -0.3 is 5.32 Å². The van der Waals surface area contributed by atoms with Gasteiger partial charge in [0.05, 0.1) is 16.4 Å². The van der Waals surface area contributed by atoms with Crippen molar-refractivity contribution in [3.8, 4) is 11.3 Å². The van der Waals surface area contributed by atoms with Crippen molar-refractivity contribution in [3.63, 3.8) is 0 Å². The van der Waals surface area contributed by atoms with Gasteiger partial charge in [0.15, 0.2) is 0 Å². The van der Waals surface area contributed by atoms with Crippen LogP contribution in [-0.2, 0) is 12.8 Å². The minimum Gasteiger partial charge on any atom is -0.321 e. The fraction of sp³-hybridized carbons (Fsp3) is 0.190. The van der Waals surface area contributed by atoms with E-state index in [0.29, 0.717) is 16.3 Å². The van der Waals surface area contributed by atoms with Crippen LogP contribution in [0.5, 0.6) is 0 Å². The summed E-state index contributed by atoms with van der Waals surface area (Å²) in [7, 11) is 0. The smallest absolute Gasteiger partial charge is 0.256 e. The average molecular weight is 364 g/mol. The second-order valence-electron chi connectivity index (χ2n) is 6.33. The molecule has 1 heterocycles. The topological polar surface area (TPSA) is 54.9 Å². The van der Waals surface area contributed by atoms with E-state index < -0.39 is 0 Å². The standard InChI is InChI=1S/C21H18ClN3O/c22-17-10-4-6-12-19(17)25-21(26)15-8-2-1-7-14(15)20-16-9-3-5-11-18(16)23-13-24-20/h1-2,4,6-8,10,12-13H,3,5,9,11H2,(H,25,26). The number of anilines is 1. The van der Waals surface area contributed by atoms with E-state index in [0.717, 1.165) is 48.2 Å². The third kappa shape index (κ3) is 3.20. The number of carbonyl (C=O) groups is 1. The van der Waals surface area contributed by atoms with E-state index in [4.69, 9.17) is 11.6 Å². The van der Waals surface area contributed by atoms with Gasteiger partial charge in [0.1, 0.15) is 6.33 Å². The molecule has 1 N–H and O–H groups in total. The highest BCUT2D eigenvalue weighted by Crippen LogP contribution is 2.31. The number of carbonyl (C=O) groups excluding carboxylic acids is 1. The van der Waals surface area contributed by atoms with Crippen LogP contribution in [0.25, 0.3) is 11.3 Å². The first-order valence-corrected chi connectivity index (χ1v) is 9.10. The highest BCUT2D eigenvalue weighted by atomic mass is 35.5. The first-order chi connectivity index (χ1) is 12.7. The summed E-state index contributed by atoms with van der Waals surface area (Å²) in [6.45, 7) is 0. The first kappa shape index (κ1) is 16.7. The molecule has 0 atom stereocenters. The zero-order chi connectivity index (χ0) is 17.9. The molecule has 3 aromatic rings. The molecule has 1 amide bonds. The molecule has 1 aliphatic rings. The van der Waals surface area contributed by atoms with Gasteiger partial charge in [-0.2, -0.15) is 0 Å². The van der Waals surface area contributed by atoms with Gasteiger partial charge in [-0.05, 0) is 43.9 Å². The van der Waals surface area contributed by atoms with Gasteiger partial charge in [-0.25, -0.2) is 9.97 Å². The maximum atomic E-state index is 12.9. The van der Waals surface area contributed by atoms with Crippen LogP contribution >= 0.6 is 11.6 Å². The van der Waals surface area contributed by atoms with Crippen LogP contribution in [0.1, 0.15) is 34.5 Å². The lowest BCUT2D eigenvalue weighted by atomic mass is 9.91. The first-order valence-electron chi connectivity index (χ1n) is 8.72. The Kier molecular flexibility index (Phi) is 4.67. The number of hydrogen-bond donors (Lipinski definition) is 1. The largest absolute Gasteiger partial charge is 0.321 e. The molecule has 0 radical (unpaired) electrons. The number of halogens is 1.